The second-order valence-electron chi connectivity index (χ2n) is 7.18. The standard InChI is InChI=1S/C14H30O2Si2/c1-17(2,3)15-13-11-9-7-8-10-12-14(13)16-18(4,5)6/h7,9,13-14H,8,10-12H2,1-6H3. The molecule has 0 amide bonds. The Balaban J connectivity index is 2.74. The van der Waals surface area contributed by atoms with Crippen LogP contribution in [0.1, 0.15) is 25.7 Å². The molecule has 0 aromatic heterocycles. The minimum Gasteiger partial charge on any atom is -0.412 e. The summed E-state index contributed by atoms with van der Waals surface area (Å²) in [6, 6.07) is 0. The predicted octanol–water partition coefficient (Wildman–Crippen LogP) is 4.56. The van der Waals surface area contributed by atoms with Gasteiger partial charge in [-0.25, -0.2) is 0 Å². The van der Waals surface area contributed by atoms with Crippen LogP contribution in [-0.4, -0.2) is 28.8 Å². The normalized spacial score (nSPS) is 26.8. The van der Waals surface area contributed by atoms with Gasteiger partial charge in [0.1, 0.15) is 0 Å². The van der Waals surface area contributed by atoms with Crippen LogP contribution in [0.3, 0.4) is 0 Å². The quantitative estimate of drug-likeness (QED) is 0.557. The van der Waals surface area contributed by atoms with Crippen molar-refractivity contribution in [2.75, 3.05) is 0 Å². The molecular formula is C14H30O2Si2. The Labute approximate surface area is 115 Å². The van der Waals surface area contributed by atoms with E-state index in [4.69, 9.17) is 8.85 Å². The molecular weight excluding hydrogens is 256 g/mol. The Morgan fingerprint density at radius 3 is 1.94 bits per heavy atom. The second-order valence-corrected chi connectivity index (χ2v) is 16.1. The fourth-order valence-corrected chi connectivity index (χ4v) is 4.62. The van der Waals surface area contributed by atoms with Crippen LogP contribution in [0.2, 0.25) is 39.3 Å². The van der Waals surface area contributed by atoms with Crippen LogP contribution < -0.4 is 0 Å². The number of allylic oxidation sites excluding steroid dienone is 1. The molecule has 2 atom stereocenters. The van der Waals surface area contributed by atoms with E-state index in [2.05, 4.69) is 51.4 Å². The summed E-state index contributed by atoms with van der Waals surface area (Å²) in [4.78, 5) is 0. The lowest BCUT2D eigenvalue weighted by Gasteiger charge is -2.36. The molecule has 0 heterocycles. The van der Waals surface area contributed by atoms with Gasteiger partial charge in [-0.05, 0) is 65.0 Å². The monoisotopic (exact) mass is 286 g/mol. The van der Waals surface area contributed by atoms with Gasteiger partial charge in [0.25, 0.3) is 0 Å². The molecule has 0 aromatic carbocycles. The maximum Gasteiger partial charge on any atom is 0.184 e. The third kappa shape index (κ3) is 6.87. The molecule has 4 heteroatoms. The van der Waals surface area contributed by atoms with Crippen LogP contribution in [0.15, 0.2) is 12.2 Å². The summed E-state index contributed by atoms with van der Waals surface area (Å²) in [5.74, 6) is 0. The summed E-state index contributed by atoms with van der Waals surface area (Å²) in [5, 5.41) is 0. The molecule has 1 rings (SSSR count). The average molecular weight is 287 g/mol. The van der Waals surface area contributed by atoms with Crippen molar-refractivity contribution in [1.29, 1.82) is 0 Å². The van der Waals surface area contributed by atoms with Crippen LogP contribution in [0, 0.1) is 0 Å². The van der Waals surface area contributed by atoms with Gasteiger partial charge in [-0.2, -0.15) is 0 Å². The largest absolute Gasteiger partial charge is 0.412 e. The molecule has 0 aliphatic heterocycles. The van der Waals surface area contributed by atoms with Crippen molar-refractivity contribution >= 4 is 16.6 Å². The van der Waals surface area contributed by atoms with E-state index in [0.717, 1.165) is 12.8 Å². The van der Waals surface area contributed by atoms with Crippen molar-refractivity contribution < 1.29 is 8.85 Å². The second kappa shape index (κ2) is 6.50. The summed E-state index contributed by atoms with van der Waals surface area (Å²) in [6.07, 6.45) is 9.70. The van der Waals surface area contributed by atoms with Crippen LogP contribution in [0.5, 0.6) is 0 Å². The highest BCUT2D eigenvalue weighted by Crippen LogP contribution is 2.25. The molecule has 2 nitrogen and oxygen atoms in total. The minimum atomic E-state index is -1.50. The predicted molar refractivity (Wildman–Crippen MR) is 84.0 cm³/mol. The maximum absolute atomic E-state index is 6.37. The maximum atomic E-state index is 6.37. The van der Waals surface area contributed by atoms with Gasteiger partial charge in [-0.15, -0.1) is 0 Å². The molecule has 0 N–H and O–H groups in total. The first-order valence-corrected chi connectivity index (χ1v) is 14.0. The van der Waals surface area contributed by atoms with E-state index < -0.39 is 16.6 Å². The minimum absolute atomic E-state index is 0.264. The van der Waals surface area contributed by atoms with Gasteiger partial charge in [-0.3, -0.25) is 0 Å². The van der Waals surface area contributed by atoms with Crippen molar-refractivity contribution in [3.05, 3.63) is 12.2 Å². The molecule has 0 bridgehead atoms. The van der Waals surface area contributed by atoms with Gasteiger partial charge in [0.2, 0.25) is 0 Å². The highest BCUT2D eigenvalue weighted by atomic mass is 28.4. The SMILES string of the molecule is C[Si](C)(C)OC1CC=CCCCC1O[Si](C)(C)C. The zero-order valence-electron chi connectivity index (χ0n) is 13.0. The molecule has 0 saturated carbocycles. The lowest BCUT2D eigenvalue weighted by molar-refractivity contribution is 0.0380. The fraction of sp³-hybridized carbons (Fsp3) is 0.857. The van der Waals surface area contributed by atoms with Gasteiger partial charge in [0.05, 0.1) is 12.2 Å². The van der Waals surface area contributed by atoms with E-state index >= 15 is 0 Å². The van der Waals surface area contributed by atoms with Gasteiger partial charge >= 0.3 is 0 Å². The third-order valence-corrected chi connectivity index (χ3v) is 4.84. The Morgan fingerprint density at radius 2 is 1.39 bits per heavy atom. The van der Waals surface area contributed by atoms with Crippen LogP contribution in [-0.2, 0) is 8.85 Å². The van der Waals surface area contributed by atoms with Gasteiger partial charge in [0.15, 0.2) is 16.6 Å². The Hall–Kier alpha value is 0.0938. The molecule has 1 aliphatic rings. The Kier molecular flexibility index (Phi) is 5.83. The molecule has 2 unspecified atom stereocenters. The van der Waals surface area contributed by atoms with E-state index in [9.17, 15) is 0 Å². The third-order valence-electron chi connectivity index (χ3n) is 2.82. The van der Waals surface area contributed by atoms with Crippen LogP contribution in [0.4, 0.5) is 0 Å². The summed E-state index contributed by atoms with van der Waals surface area (Å²) in [5.41, 5.74) is 0. The van der Waals surface area contributed by atoms with Crippen molar-refractivity contribution in [3.63, 3.8) is 0 Å². The fourth-order valence-electron chi connectivity index (χ4n) is 2.29. The highest BCUT2D eigenvalue weighted by Gasteiger charge is 2.31. The van der Waals surface area contributed by atoms with E-state index in [1.54, 1.807) is 0 Å². The first-order chi connectivity index (χ1) is 8.17. The van der Waals surface area contributed by atoms with Crippen LogP contribution in [0.25, 0.3) is 0 Å². The molecule has 18 heavy (non-hydrogen) atoms. The molecule has 0 fully saturated rings. The molecule has 0 spiro atoms. The van der Waals surface area contributed by atoms with Crippen molar-refractivity contribution in [2.24, 2.45) is 0 Å². The lowest BCUT2D eigenvalue weighted by atomic mass is 10.0. The summed E-state index contributed by atoms with van der Waals surface area (Å²) in [6.45, 7) is 13.6. The Morgan fingerprint density at radius 1 is 0.833 bits per heavy atom. The summed E-state index contributed by atoms with van der Waals surface area (Å²) in [7, 11) is -2.99. The van der Waals surface area contributed by atoms with Crippen molar-refractivity contribution in [3.8, 4) is 0 Å². The van der Waals surface area contributed by atoms with Gasteiger partial charge in [-0.1, -0.05) is 12.2 Å². The molecule has 0 aromatic rings. The smallest absolute Gasteiger partial charge is 0.184 e. The molecule has 1 aliphatic carbocycles. The van der Waals surface area contributed by atoms with Gasteiger partial charge < -0.3 is 8.85 Å². The first kappa shape index (κ1) is 16.1. The average Bonchev–Trinajstić information content (AvgIpc) is 2.12. The van der Waals surface area contributed by atoms with Crippen molar-refractivity contribution in [2.45, 2.75) is 77.2 Å². The zero-order valence-corrected chi connectivity index (χ0v) is 15.0. The summed E-state index contributed by atoms with van der Waals surface area (Å²) < 4.78 is 12.7. The Bertz CT molecular complexity index is 276. The van der Waals surface area contributed by atoms with Crippen LogP contribution >= 0.6 is 0 Å². The lowest BCUT2D eigenvalue weighted by Crippen LogP contribution is -2.44. The van der Waals surface area contributed by atoms with E-state index in [1.807, 2.05) is 0 Å². The molecule has 0 radical (unpaired) electrons. The summed E-state index contributed by atoms with van der Waals surface area (Å²) >= 11 is 0. The van der Waals surface area contributed by atoms with E-state index in [1.165, 1.54) is 12.8 Å². The topological polar surface area (TPSA) is 18.5 Å². The first-order valence-electron chi connectivity index (χ1n) is 7.18. The zero-order chi connectivity index (χ0) is 13.8. The molecule has 0 saturated heterocycles. The number of hydrogen-bond donors (Lipinski definition) is 0. The molecule has 106 valence electrons. The van der Waals surface area contributed by atoms with E-state index in [0.29, 0.717) is 6.10 Å². The highest BCUT2D eigenvalue weighted by molar-refractivity contribution is 6.70. The number of hydrogen-bond acceptors (Lipinski definition) is 2. The van der Waals surface area contributed by atoms with E-state index in [-0.39, 0.29) is 6.10 Å². The number of rotatable bonds is 4. The van der Waals surface area contributed by atoms with Gasteiger partial charge in [0, 0.05) is 0 Å². The van der Waals surface area contributed by atoms with Crippen molar-refractivity contribution in [1.82, 2.24) is 0 Å².